The number of fused-ring (bicyclic) bond motifs is 1. The summed E-state index contributed by atoms with van der Waals surface area (Å²) < 4.78 is 2.08. The Morgan fingerprint density at radius 3 is 2.94 bits per heavy atom. The molecule has 0 fully saturated rings. The van der Waals surface area contributed by atoms with Crippen molar-refractivity contribution >= 4 is 16.8 Å². The topological polar surface area (TPSA) is 60.1 Å². The lowest BCUT2D eigenvalue weighted by atomic mass is 10.2. The molecule has 2 aromatic rings. The number of primary amides is 1. The van der Waals surface area contributed by atoms with Crippen molar-refractivity contribution < 1.29 is 4.79 Å². The lowest BCUT2D eigenvalue weighted by Gasteiger charge is -2.00. The van der Waals surface area contributed by atoms with Crippen LogP contribution in [0.3, 0.4) is 0 Å². The van der Waals surface area contributed by atoms with Crippen LogP contribution in [0.25, 0.3) is 10.9 Å². The normalized spacial score (nSPS) is 10.8. The number of amides is 1. The minimum absolute atomic E-state index is 0.212. The molecular weight excluding hydrogens is 202 g/mol. The van der Waals surface area contributed by atoms with E-state index in [9.17, 15) is 4.79 Å². The number of carbonyl (C=O) groups is 1. The smallest absolute Gasteiger partial charge is 0.231 e. The van der Waals surface area contributed by atoms with Crippen molar-refractivity contribution in [1.29, 1.82) is 0 Å². The van der Waals surface area contributed by atoms with Crippen LogP contribution in [-0.4, -0.2) is 17.0 Å². The van der Waals surface area contributed by atoms with Gasteiger partial charge in [0.1, 0.15) is 0 Å². The van der Waals surface area contributed by atoms with Gasteiger partial charge >= 0.3 is 0 Å². The third-order valence-corrected chi connectivity index (χ3v) is 2.59. The molecule has 1 aromatic heterocycles. The number of benzene rings is 1. The molecule has 0 aliphatic rings. The van der Waals surface area contributed by atoms with Crippen LogP contribution in [0.1, 0.15) is 5.56 Å². The second-order valence-electron chi connectivity index (χ2n) is 3.85. The fourth-order valence-corrected chi connectivity index (χ4v) is 1.89. The van der Waals surface area contributed by atoms with Crippen LogP contribution in [0.15, 0.2) is 30.5 Å². The number of hydrogen-bond donors (Lipinski definition) is 2. The highest BCUT2D eigenvalue weighted by Gasteiger charge is 2.05. The van der Waals surface area contributed by atoms with Crippen LogP contribution in [0, 0.1) is 0 Å². The number of carbonyl (C=O) groups excluding carboxylic acids is 1. The Balaban J connectivity index is 2.21. The lowest BCUT2D eigenvalue weighted by molar-refractivity contribution is -0.117. The Kier molecular flexibility index (Phi) is 2.92. The third kappa shape index (κ3) is 2.06. The van der Waals surface area contributed by atoms with Gasteiger partial charge in [-0.25, -0.2) is 0 Å². The number of aryl methyl sites for hydroxylation is 1. The van der Waals surface area contributed by atoms with Gasteiger partial charge in [-0.1, -0.05) is 18.2 Å². The van der Waals surface area contributed by atoms with Crippen molar-refractivity contribution in [1.82, 2.24) is 9.88 Å². The molecule has 0 saturated heterocycles. The zero-order valence-corrected chi connectivity index (χ0v) is 9.23. The van der Waals surface area contributed by atoms with Crippen molar-refractivity contribution in [3.05, 3.63) is 36.0 Å². The van der Waals surface area contributed by atoms with Crippen molar-refractivity contribution in [2.45, 2.75) is 6.54 Å². The highest BCUT2D eigenvalue weighted by Crippen LogP contribution is 2.19. The van der Waals surface area contributed by atoms with Crippen LogP contribution in [0.4, 0.5) is 0 Å². The Morgan fingerprint density at radius 2 is 2.19 bits per heavy atom. The second kappa shape index (κ2) is 4.37. The monoisotopic (exact) mass is 217 g/mol. The number of nitrogens with two attached hydrogens (primary N) is 1. The van der Waals surface area contributed by atoms with E-state index in [2.05, 4.69) is 28.2 Å². The molecule has 2 rings (SSSR count). The van der Waals surface area contributed by atoms with Gasteiger partial charge in [0.25, 0.3) is 0 Å². The zero-order chi connectivity index (χ0) is 11.5. The molecule has 4 heteroatoms. The fraction of sp³-hybridized carbons (Fsp3) is 0.250. The summed E-state index contributed by atoms with van der Waals surface area (Å²) in [4.78, 5) is 10.6. The lowest BCUT2D eigenvalue weighted by Crippen LogP contribution is -2.27. The van der Waals surface area contributed by atoms with Crippen molar-refractivity contribution in [2.24, 2.45) is 12.8 Å². The molecule has 16 heavy (non-hydrogen) atoms. The molecule has 0 spiro atoms. The molecule has 0 aliphatic heterocycles. The number of hydrogen-bond acceptors (Lipinski definition) is 2. The largest absolute Gasteiger partial charge is 0.369 e. The first-order valence-electron chi connectivity index (χ1n) is 5.20. The molecule has 0 bridgehead atoms. The minimum Gasteiger partial charge on any atom is -0.369 e. The van der Waals surface area contributed by atoms with Crippen LogP contribution >= 0.6 is 0 Å². The van der Waals surface area contributed by atoms with Crippen LogP contribution < -0.4 is 11.1 Å². The van der Waals surface area contributed by atoms with Gasteiger partial charge in [-0.15, -0.1) is 0 Å². The first kappa shape index (κ1) is 10.7. The quantitative estimate of drug-likeness (QED) is 0.794. The van der Waals surface area contributed by atoms with E-state index in [0.717, 1.165) is 0 Å². The highest BCUT2D eigenvalue weighted by molar-refractivity contribution is 5.84. The SMILES string of the molecule is Cn1cc(CNCC(N)=O)c2ccccc21. The van der Waals surface area contributed by atoms with E-state index in [0.29, 0.717) is 6.54 Å². The van der Waals surface area contributed by atoms with Gasteiger partial charge in [-0.3, -0.25) is 4.79 Å². The van der Waals surface area contributed by atoms with Gasteiger partial charge in [0.05, 0.1) is 6.54 Å². The Hall–Kier alpha value is -1.81. The summed E-state index contributed by atoms with van der Waals surface area (Å²) in [6.45, 7) is 0.869. The Labute approximate surface area is 94.0 Å². The maximum absolute atomic E-state index is 10.6. The first-order valence-corrected chi connectivity index (χ1v) is 5.20. The molecule has 84 valence electrons. The van der Waals surface area contributed by atoms with Gasteiger partial charge in [-0.05, 0) is 11.6 Å². The van der Waals surface area contributed by atoms with E-state index in [4.69, 9.17) is 5.73 Å². The summed E-state index contributed by atoms with van der Waals surface area (Å²) in [6, 6.07) is 8.19. The molecule has 3 N–H and O–H groups in total. The fourth-order valence-electron chi connectivity index (χ4n) is 1.89. The molecule has 1 heterocycles. The summed E-state index contributed by atoms with van der Waals surface area (Å²) in [6.07, 6.45) is 2.07. The number of aromatic nitrogens is 1. The summed E-state index contributed by atoms with van der Waals surface area (Å²) in [5, 5.41) is 4.23. The maximum atomic E-state index is 10.6. The molecule has 1 aromatic carbocycles. The molecule has 1 amide bonds. The van der Waals surface area contributed by atoms with Gasteiger partial charge < -0.3 is 15.6 Å². The predicted octanol–water partition coefficient (Wildman–Crippen LogP) is 0.753. The molecule has 0 atom stereocenters. The van der Waals surface area contributed by atoms with Gasteiger partial charge in [0.15, 0.2) is 0 Å². The summed E-state index contributed by atoms with van der Waals surface area (Å²) in [5.74, 6) is -0.333. The van der Waals surface area contributed by atoms with Crippen molar-refractivity contribution in [3.63, 3.8) is 0 Å². The number of nitrogens with one attached hydrogen (secondary N) is 1. The molecular formula is C12H15N3O. The molecule has 0 radical (unpaired) electrons. The van der Waals surface area contributed by atoms with E-state index >= 15 is 0 Å². The van der Waals surface area contributed by atoms with E-state index in [-0.39, 0.29) is 12.5 Å². The zero-order valence-electron chi connectivity index (χ0n) is 9.23. The van der Waals surface area contributed by atoms with Gasteiger partial charge in [0.2, 0.25) is 5.91 Å². The number of nitrogens with zero attached hydrogens (tertiary/aromatic N) is 1. The average molecular weight is 217 g/mol. The minimum atomic E-state index is -0.333. The van der Waals surface area contributed by atoms with Crippen LogP contribution in [0.2, 0.25) is 0 Å². The van der Waals surface area contributed by atoms with E-state index in [1.807, 2.05) is 19.2 Å². The third-order valence-electron chi connectivity index (χ3n) is 2.59. The van der Waals surface area contributed by atoms with E-state index in [1.54, 1.807) is 0 Å². The van der Waals surface area contributed by atoms with E-state index in [1.165, 1.54) is 16.5 Å². The maximum Gasteiger partial charge on any atom is 0.231 e. The predicted molar refractivity (Wildman–Crippen MR) is 63.8 cm³/mol. The average Bonchev–Trinajstić information content (AvgIpc) is 2.57. The summed E-state index contributed by atoms with van der Waals surface area (Å²) in [5.41, 5.74) is 7.44. The molecule has 0 aliphatic carbocycles. The number of para-hydroxylation sites is 1. The van der Waals surface area contributed by atoms with Crippen LogP contribution in [0.5, 0.6) is 0 Å². The van der Waals surface area contributed by atoms with E-state index < -0.39 is 0 Å². The number of rotatable bonds is 4. The molecule has 4 nitrogen and oxygen atoms in total. The second-order valence-corrected chi connectivity index (χ2v) is 3.85. The standard InChI is InChI=1S/C12H15N3O/c1-15-8-9(6-14-7-12(13)16)10-4-2-3-5-11(10)15/h2-5,8,14H,6-7H2,1H3,(H2,13,16). The molecule has 0 unspecified atom stereocenters. The van der Waals surface area contributed by atoms with Gasteiger partial charge in [-0.2, -0.15) is 0 Å². The van der Waals surface area contributed by atoms with Crippen molar-refractivity contribution in [3.8, 4) is 0 Å². The summed E-state index contributed by atoms with van der Waals surface area (Å²) in [7, 11) is 2.01. The highest BCUT2D eigenvalue weighted by atomic mass is 16.1. The molecule has 0 saturated carbocycles. The van der Waals surface area contributed by atoms with Crippen molar-refractivity contribution in [2.75, 3.05) is 6.54 Å². The summed E-state index contributed by atoms with van der Waals surface area (Å²) >= 11 is 0. The first-order chi connectivity index (χ1) is 7.68. The van der Waals surface area contributed by atoms with Crippen LogP contribution in [-0.2, 0) is 18.4 Å². The Bertz CT molecular complexity index is 516. The van der Waals surface area contributed by atoms with Gasteiger partial charge in [0, 0.05) is 30.7 Å². The Morgan fingerprint density at radius 1 is 1.44 bits per heavy atom.